The Morgan fingerprint density at radius 3 is 2.71 bits per heavy atom. The number of carbonyl (C=O) groups is 1. The van der Waals surface area contributed by atoms with Crippen LogP contribution in [0.25, 0.3) is 0 Å². The molecule has 0 fully saturated rings. The van der Waals surface area contributed by atoms with Crippen LogP contribution in [0.1, 0.15) is 5.56 Å². The maximum absolute atomic E-state index is 11.5. The van der Waals surface area contributed by atoms with E-state index in [1.807, 2.05) is 20.2 Å². The van der Waals surface area contributed by atoms with Crippen LogP contribution in [0.5, 0.6) is 0 Å². The molecule has 0 bridgehead atoms. The van der Waals surface area contributed by atoms with Gasteiger partial charge in [-0.25, -0.2) is 9.79 Å². The Kier molecular flexibility index (Phi) is 3.15. The number of hydrogen-bond donors (Lipinski definition) is 0. The van der Waals surface area contributed by atoms with Gasteiger partial charge in [-0.15, -0.1) is 0 Å². The second-order valence-corrected chi connectivity index (χ2v) is 4.17. The Balaban J connectivity index is 2.37. The average molecular weight is 251 g/mol. The molecule has 0 N–H and O–H groups in total. The van der Waals surface area contributed by atoms with Crippen LogP contribution < -0.4 is 0 Å². The fourth-order valence-electron chi connectivity index (χ4n) is 1.39. The summed E-state index contributed by atoms with van der Waals surface area (Å²) in [4.78, 5) is 17.4. The number of aliphatic imine (C=N–C) groups is 1. The van der Waals surface area contributed by atoms with E-state index in [2.05, 4.69) is 4.99 Å². The number of cyclic esters (lactones) is 1. The third-order valence-electron chi connectivity index (χ3n) is 2.11. The minimum atomic E-state index is -0.464. The Labute approximate surface area is 104 Å². The minimum Gasteiger partial charge on any atom is -0.402 e. The molecule has 88 valence electrons. The molecule has 0 aliphatic carbocycles. The zero-order valence-electron chi connectivity index (χ0n) is 9.48. The summed E-state index contributed by atoms with van der Waals surface area (Å²) in [6.45, 7) is 0. The van der Waals surface area contributed by atoms with E-state index in [1.165, 1.54) is 0 Å². The summed E-state index contributed by atoms with van der Waals surface area (Å²) in [5.74, 6) is -0.220. The van der Waals surface area contributed by atoms with Gasteiger partial charge in [-0.1, -0.05) is 23.7 Å². The van der Waals surface area contributed by atoms with E-state index in [0.717, 1.165) is 0 Å². The van der Waals surface area contributed by atoms with Gasteiger partial charge >= 0.3 is 5.97 Å². The number of ether oxygens (including phenoxy) is 1. The van der Waals surface area contributed by atoms with Crippen LogP contribution in [0.3, 0.4) is 0 Å². The second-order valence-electron chi connectivity index (χ2n) is 3.76. The highest BCUT2D eigenvalue weighted by molar-refractivity contribution is 6.34. The van der Waals surface area contributed by atoms with Gasteiger partial charge in [0, 0.05) is 20.3 Å². The summed E-state index contributed by atoms with van der Waals surface area (Å²) in [5.41, 5.74) is 0.884. The van der Waals surface area contributed by atoms with Crippen molar-refractivity contribution in [2.75, 3.05) is 14.1 Å². The van der Waals surface area contributed by atoms with Crippen molar-refractivity contribution in [3.8, 4) is 0 Å². The zero-order chi connectivity index (χ0) is 12.4. The number of esters is 1. The Bertz CT molecular complexity index is 521. The molecule has 1 aliphatic heterocycles. The van der Waals surface area contributed by atoms with E-state index in [-0.39, 0.29) is 11.6 Å². The molecule has 0 radical (unpaired) electrons. The van der Waals surface area contributed by atoms with Crippen molar-refractivity contribution in [2.24, 2.45) is 4.99 Å². The summed E-state index contributed by atoms with van der Waals surface area (Å²) in [5, 5.41) is 0.505. The van der Waals surface area contributed by atoms with E-state index in [9.17, 15) is 4.79 Å². The van der Waals surface area contributed by atoms with E-state index in [0.29, 0.717) is 10.6 Å². The zero-order valence-corrected chi connectivity index (χ0v) is 10.2. The highest BCUT2D eigenvalue weighted by Gasteiger charge is 2.25. The van der Waals surface area contributed by atoms with E-state index >= 15 is 0 Å². The molecule has 1 aliphatic rings. The topological polar surface area (TPSA) is 41.9 Å². The van der Waals surface area contributed by atoms with Crippen LogP contribution in [-0.2, 0) is 9.53 Å². The first-order valence-electron chi connectivity index (χ1n) is 5.02. The fraction of sp³-hybridized carbons (Fsp3) is 0.167. The van der Waals surface area contributed by atoms with Gasteiger partial charge in [0.1, 0.15) is 0 Å². The van der Waals surface area contributed by atoms with E-state index in [1.54, 1.807) is 29.3 Å². The predicted molar refractivity (Wildman–Crippen MR) is 65.9 cm³/mol. The molecule has 0 aromatic heterocycles. The van der Waals surface area contributed by atoms with Crippen molar-refractivity contribution in [1.29, 1.82) is 0 Å². The normalized spacial score (nSPS) is 17.0. The Morgan fingerprint density at radius 2 is 2.06 bits per heavy atom. The number of carbonyl (C=O) groups excluding carboxylic acids is 1. The SMILES string of the molecule is CN(C)/C=C1/N=C(c2ccccc2Cl)OC1=O. The minimum absolute atomic E-state index is 0.244. The Hall–Kier alpha value is -1.81. The molecular formula is C12H11ClN2O2. The fourth-order valence-corrected chi connectivity index (χ4v) is 1.61. The standard InChI is InChI=1S/C12H11ClN2O2/c1-15(2)7-10-12(16)17-11(14-10)8-5-3-4-6-9(8)13/h3-7H,1-2H3/b10-7+. The van der Waals surface area contributed by atoms with Crippen molar-refractivity contribution in [3.63, 3.8) is 0 Å². The number of benzene rings is 1. The summed E-state index contributed by atoms with van der Waals surface area (Å²) in [6.07, 6.45) is 1.60. The molecule has 5 heteroatoms. The first-order valence-corrected chi connectivity index (χ1v) is 5.40. The average Bonchev–Trinajstić information content (AvgIpc) is 2.60. The van der Waals surface area contributed by atoms with Crippen molar-refractivity contribution in [3.05, 3.63) is 46.7 Å². The van der Waals surface area contributed by atoms with Gasteiger partial charge in [0.25, 0.3) is 0 Å². The lowest BCUT2D eigenvalue weighted by molar-refractivity contribution is -0.130. The van der Waals surface area contributed by atoms with Gasteiger partial charge in [0.2, 0.25) is 5.90 Å². The molecule has 1 aromatic carbocycles. The van der Waals surface area contributed by atoms with E-state index < -0.39 is 5.97 Å². The quantitative estimate of drug-likeness (QED) is 0.596. The molecule has 4 nitrogen and oxygen atoms in total. The lowest BCUT2D eigenvalue weighted by atomic mass is 10.2. The lowest BCUT2D eigenvalue weighted by Gasteiger charge is -2.02. The van der Waals surface area contributed by atoms with Crippen LogP contribution in [0, 0.1) is 0 Å². The van der Waals surface area contributed by atoms with Crippen molar-refractivity contribution in [1.82, 2.24) is 4.90 Å². The molecule has 0 saturated carbocycles. The monoisotopic (exact) mass is 250 g/mol. The van der Waals surface area contributed by atoms with Crippen LogP contribution >= 0.6 is 11.6 Å². The van der Waals surface area contributed by atoms with Crippen LogP contribution in [0.2, 0.25) is 5.02 Å². The smallest absolute Gasteiger partial charge is 0.365 e. The van der Waals surface area contributed by atoms with Crippen molar-refractivity contribution >= 4 is 23.5 Å². The molecule has 1 aromatic rings. The van der Waals surface area contributed by atoms with Crippen LogP contribution in [0.4, 0.5) is 0 Å². The molecule has 0 saturated heterocycles. The van der Waals surface area contributed by atoms with Gasteiger partial charge in [-0.3, -0.25) is 0 Å². The van der Waals surface area contributed by atoms with Gasteiger partial charge in [0.15, 0.2) is 5.70 Å². The van der Waals surface area contributed by atoms with E-state index in [4.69, 9.17) is 16.3 Å². The van der Waals surface area contributed by atoms with Gasteiger partial charge < -0.3 is 9.64 Å². The lowest BCUT2D eigenvalue weighted by Crippen LogP contribution is -2.08. The third-order valence-corrected chi connectivity index (χ3v) is 2.43. The third kappa shape index (κ3) is 2.47. The number of rotatable bonds is 2. The summed E-state index contributed by atoms with van der Waals surface area (Å²) < 4.78 is 5.07. The van der Waals surface area contributed by atoms with Gasteiger partial charge in [-0.2, -0.15) is 0 Å². The van der Waals surface area contributed by atoms with Crippen molar-refractivity contribution < 1.29 is 9.53 Å². The molecule has 17 heavy (non-hydrogen) atoms. The summed E-state index contributed by atoms with van der Waals surface area (Å²) in [6, 6.07) is 7.10. The molecule has 0 amide bonds. The maximum atomic E-state index is 11.5. The Morgan fingerprint density at radius 1 is 1.35 bits per heavy atom. The number of halogens is 1. The molecule has 0 spiro atoms. The van der Waals surface area contributed by atoms with Crippen LogP contribution in [0.15, 0.2) is 41.2 Å². The summed E-state index contributed by atoms with van der Waals surface area (Å²) in [7, 11) is 3.62. The first-order chi connectivity index (χ1) is 8.08. The van der Waals surface area contributed by atoms with Gasteiger partial charge in [0.05, 0.1) is 10.6 Å². The molecular weight excluding hydrogens is 240 g/mol. The molecule has 0 unspecified atom stereocenters. The highest BCUT2D eigenvalue weighted by atomic mass is 35.5. The number of nitrogens with zero attached hydrogens (tertiary/aromatic N) is 2. The molecule has 1 heterocycles. The highest BCUT2D eigenvalue weighted by Crippen LogP contribution is 2.22. The predicted octanol–water partition coefficient (Wildman–Crippen LogP) is 2.05. The molecule has 2 rings (SSSR count). The number of hydrogen-bond acceptors (Lipinski definition) is 4. The summed E-state index contributed by atoms with van der Waals surface area (Å²) >= 11 is 6.00. The first kappa shape index (κ1) is 11.7. The largest absolute Gasteiger partial charge is 0.402 e. The molecule has 0 atom stereocenters. The van der Waals surface area contributed by atoms with Crippen LogP contribution in [-0.4, -0.2) is 30.9 Å². The maximum Gasteiger partial charge on any atom is 0.365 e. The van der Waals surface area contributed by atoms with Crippen molar-refractivity contribution in [2.45, 2.75) is 0 Å². The second kappa shape index (κ2) is 4.59. The van der Waals surface area contributed by atoms with Gasteiger partial charge in [-0.05, 0) is 12.1 Å².